The smallest absolute Gasteiger partial charge is 0.150 e. The molecule has 1 aromatic carbocycles. The second kappa shape index (κ2) is 8.64. The molecule has 0 atom stereocenters. The second-order valence-electron chi connectivity index (χ2n) is 6.80. The number of phenolic OH excluding ortho intramolecular Hbond substituents is 1. The van der Waals surface area contributed by atoms with Gasteiger partial charge < -0.3 is 10.2 Å². The van der Waals surface area contributed by atoms with Crippen LogP contribution in [0.3, 0.4) is 0 Å². The van der Waals surface area contributed by atoms with Crippen LogP contribution >= 0.6 is 0 Å². The zero-order valence-corrected chi connectivity index (χ0v) is 15.5. The molecule has 0 saturated carbocycles. The average molecular weight is 367 g/mol. The van der Waals surface area contributed by atoms with Crippen LogP contribution in [0.25, 0.3) is 0 Å². The molecule has 0 amide bonds. The summed E-state index contributed by atoms with van der Waals surface area (Å²) in [5, 5.41) is 28.8. The van der Waals surface area contributed by atoms with Gasteiger partial charge >= 0.3 is 0 Å². The van der Waals surface area contributed by atoms with Crippen LogP contribution in [0.1, 0.15) is 24.3 Å². The molecule has 142 valence electrons. The van der Waals surface area contributed by atoms with Gasteiger partial charge in [0, 0.05) is 13.6 Å². The fourth-order valence-corrected chi connectivity index (χ4v) is 3.24. The van der Waals surface area contributed by atoms with E-state index in [1.807, 2.05) is 12.1 Å². The first-order valence-corrected chi connectivity index (χ1v) is 9.01. The summed E-state index contributed by atoms with van der Waals surface area (Å²) in [5.74, 6) is 1.52. The van der Waals surface area contributed by atoms with Crippen molar-refractivity contribution >= 4 is 5.82 Å². The van der Waals surface area contributed by atoms with Crippen molar-refractivity contribution in [2.45, 2.75) is 18.8 Å². The zero-order chi connectivity index (χ0) is 19.2. The predicted octanol–water partition coefficient (Wildman–Crippen LogP) is 3.69. The number of aromatic nitrogens is 1. The second-order valence-corrected chi connectivity index (χ2v) is 6.80. The molecule has 7 nitrogen and oxygen atoms in total. The van der Waals surface area contributed by atoms with Gasteiger partial charge in [-0.3, -0.25) is 4.90 Å². The fraction of sp³-hybridized carbons (Fsp3) is 0.350. The molecule has 1 fully saturated rings. The van der Waals surface area contributed by atoms with E-state index in [1.54, 1.807) is 30.3 Å². The van der Waals surface area contributed by atoms with Crippen LogP contribution in [0.5, 0.6) is 11.5 Å². The molecule has 0 unspecified atom stereocenters. The maximum atomic E-state index is 9.65. The molecule has 0 radical (unpaired) electrons. The number of pyridine rings is 1. The fourth-order valence-electron chi connectivity index (χ4n) is 3.24. The normalized spacial score (nSPS) is 15.9. The van der Waals surface area contributed by atoms with E-state index >= 15 is 0 Å². The predicted molar refractivity (Wildman–Crippen MR) is 105 cm³/mol. The standard InChI is InChI=1S/C20H25N5O2/c1-15(22-23-24(2)20-7-6-19(27)13-21-20)14-25-10-8-16(9-11-25)17-4-3-5-18(26)12-17/h3-7,12-13,16,26-27H,1,8-11,14H2,2H3. The average Bonchev–Trinajstić information content (AvgIpc) is 2.67. The van der Waals surface area contributed by atoms with Gasteiger partial charge in [-0.1, -0.05) is 23.9 Å². The zero-order valence-electron chi connectivity index (χ0n) is 15.5. The van der Waals surface area contributed by atoms with Gasteiger partial charge in [-0.15, -0.1) is 5.11 Å². The summed E-state index contributed by atoms with van der Waals surface area (Å²) in [4.78, 5) is 6.40. The third-order valence-electron chi connectivity index (χ3n) is 4.72. The van der Waals surface area contributed by atoms with Crippen molar-refractivity contribution in [1.29, 1.82) is 0 Å². The van der Waals surface area contributed by atoms with Crippen LogP contribution in [0.4, 0.5) is 5.82 Å². The number of phenols is 1. The summed E-state index contributed by atoms with van der Waals surface area (Å²) >= 11 is 0. The molecule has 1 aliphatic rings. The number of anilines is 1. The third-order valence-corrected chi connectivity index (χ3v) is 4.72. The van der Waals surface area contributed by atoms with E-state index in [2.05, 4.69) is 32.9 Å². The van der Waals surface area contributed by atoms with Crippen LogP contribution in [0, 0.1) is 0 Å². The van der Waals surface area contributed by atoms with Gasteiger partial charge in [0.1, 0.15) is 17.3 Å². The Hall–Kier alpha value is -2.93. The summed E-state index contributed by atoms with van der Waals surface area (Å²) < 4.78 is 0. The summed E-state index contributed by atoms with van der Waals surface area (Å²) in [6.45, 7) is 6.59. The highest BCUT2D eigenvalue weighted by Gasteiger charge is 2.21. The first-order valence-electron chi connectivity index (χ1n) is 9.01. The first-order chi connectivity index (χ1) is 13.0. The lowest BCUT2D eigenvalue weighted by molar-refractivity contribution is 0.227. The Kier molecular flexibility index (Phi) is 6.03. The number of hydrogen-bond donors (Lipinski definition) is 2. The molecule has 2 heterocycles. The van der Waals surface area contributed by atoms with Crippen molar-refractivity contribution in [2.24, 2.45) is 10.3 Å². The summed E-state index contributed by atoms with van der Waals surface area (Å²) in [6.07, 6.45) is 3.46. The molecule has 1 aromatic heterocycles. The molecule has 3 rings (SSSR count). The van der Waals surface area contributed by atoms with Gasteiger partial charge in [0.05, 0.1) is 11.9 Å². The molecular weight excluding hydrogens is 342 g/mol. The maximum absolute atomic E-state index is 9.65. The molecule has 1 saturated heterocycles. The summed E-state index contributed by atoms with van der Waals surface area (Å²) in [6, 6.07) is 10.8. The van der Waals surface area contributed by atoms with Crippen molar-refractivity contribution < 1.29 is 10.2 Å². The van der Waals surface area contributed by atoms with Gasteiger partial charge in [0.25, 0.3) is 0 Å². The lowest BCUT2D eigenvalue weighted by atomic mass is 9.89. The Bertz CT molecular complexity index is 798. The molecule has 0 spiro atoms. The highest BCUT2D eigenvalue weighted by molar-refractivity contribution is 5.38. The van der Waals surface area contributed by atoms with Crippen molar-refractivity contribution in [3.8, 4) is 11.5 Å². The Labute approximate surface area is 159 Å². The molecule has 1 aliphatic heterocycles. The number of rotatable bonds is 6. The van der Waals surface area contributed by atoms with E-state index in [0.29, 0.717) is 29.7 Å². The largest absolute Gasteiger partial charge is 0.508 e. The van der Waals surface area contributed by atoms with E-state index in [9.17, 15) is 10.2 Å². The minimum absolute atomic E-state index is 0.114. The highest BCUT2D eigenvalue weighted by Crippen LogP contribution is 2.30. The Morgan fingerprint density at radius 3 is 2.67 bits per heavy atom. The minimum atomic E-state index is 0.114. The van der Waals surface area contributed by atoms with Crippen LogP contribution in [0.2, 0.25) is 0 Å². The van der Waals surface area contributed by atoms with E-state index in [1.165, 1.54) is 11.8 Å². The van der Waals surface area contributed by atoms with Crippen molar-refractivity contribution in [1.82, 2.24) is 9.88 Å². The monoisotopic (exact) mass is 367 g/mol. The molecule has 7 heteroatoms. The maximum Gasteiger partial charge on any atom is 0.150 e. The topological polar surface area (TPSA) is 84.5 Å². The molecular formula is C20H25N5O2. The molecule has 0 bridgehead atoms. The van der Waals surface area contributed by atoms with Crippen molar-refractivity contribution in [3.63, 3.8) is 0 Å². The van der Waals surface area contributed by atoms with Crippen molar-refractivity contribution in [2.75, 3.05) is 31.7 Å². The quantitative estimate of drug-likeness (QED) is 0.601. The Morgan fingerprint density at radius 2 is 2.00 bits per heavy atom. The Morgan fingerprint density at radius 1 is 1.22 bits per heavy atom. The van der Waals surface area contributed by atoms with E-state index in [0.717, 1.165) is 25.9 Å². The highest BCUT2D eigenvalue weighted by atomic mass is 16.3. The van der Waals surface area contributed by atoms with Crippen molar-refractivity contribution in [3.05, 3.63) is 60.4 Å². The lowest BCUT2D eigenvalue weighted by Crippen LogP contribution is -2.34. The van der Waals surface area contributed by atoms with E-state index in [4.69, 9.17) is 0 Å². The van der Waals surface area contributed by atoms with Gasteiger partial charge in [0.2, 0.25) is 0 Å². The molecule has 2 N–H and O–H groups in total. The SMILES string of the molecule is C=C(CN1CCC(c2cccc(O)c2)CC1)N=NN(C)c1ccc(O)cn1. The summed E-state index contributed by atoms with van der Waals surface area (Å²) in [7, 11) is 1.75. The summed E-state index contributed by atoms with van der Waals surface area (Å²) in [5.41, 5.74) is 1.90. The molecule has 0 aliphatic carbocycles. The van der Waals surface area contributed by atoms with Crippen LogP contribution in [0.15, 0.2) is 65.2 Å². The van der Waals surface area contributed by atoms with E-state index < -0.39 is 0 Å². The van der Waals surface area contributed by atoms with Gasteiger partial charge in [-0.25, -0.2) is 9.99 Å². The third kappa shape index (κ3) is 5.27. The van der Waals surface area contributed by atoms with Gasteiger partial charge in [-0.05, 0) is 61.7 Å². The number of benzene rings is 1. The molecule has 2 aromatic rings. The van der Waals surface area contributed by atoms with E-state index in [-0.39, 0.29) is 5.75 Å². The number of piperidine rings is 1. The Balaban J connectivity index is 1.47. The van der Waals surface area contributed by atoms with Crippen LogP contribution < -0.4 is 5.01 Å². The van der Waals surface area contributed by atoms with Gasteiger partial charge in [0.15, 0.2) is 0 Å². The van der Waals surface area contributed by atoms with Crippen LogP contribution in [-0.4, -0.2) is 46.8 Å². The molecule has 27 heavy (non-hydrogen) atoms. The first kappa shape index (κ1) is 18.8. The number of nitrogens with zero attached hydrogens (tertiary/aromatic N) is 5. The number of aromatic hydroxyl groups is 2. The number of likely N-dealkylation sites (tertiary alicyclic amines) is 1. The minimum Gasteiger partial charge on any atom is -0.508 e. The van der Waals surface area contributed by atoms with Crippen LogP contribution in [-0.2, 0) is 0 Å². The lowest BCUT2D eigenvalue weighted by Gasteiger charge is -2.32. The number of hydrogen-bond acceptors (Lipinski definition) is 6. The van der Waals surface area contributed by atoms with Gasteiger partial charge in [-0.2, -0.15) is 0 Å².